The summed E-state index contributed by atoms with van der Waals surface area (Å²) < 4.78 is 5.27. The Bertz CT molecular complexity index is 417. The van der Waals surface area contributed by atoms with E-state index < -0.39 is 0 Å². The van der Waals surface area contributed by atoms with Gasteiger partial charge >= 0.3 is 0 Å². The van der Waals surface area contributed by atoms with Crippen LogP contribution in [0.25, 0.3) is 6.08 Å². The Morgan fingerprint density at radius 3 is 2.56 bits per heavy atom. The van der Waals surface area contributed by atoms with Gasteiger partial charge in [-0.1, -0.05) is 18.6 Å². The first-order valence-corrected chi connectivity index (χ1v) is 5.44. The van der Waals surface area contributed by atoms with Gasteiger partial charge in [0.2, 0.25) is 0 Å². The number of ether oxygens (including phenoxy) is 1. The highest BCUT2D eigenvalue weighted by Gasteiger charge is 2.05. The summed E-state index contributed by atoms with van der Waals surface area (Å²) in [7, 11) is 1.64. The fraction of sp³-hybridized carbons (Fsp3) is 0.357. The molecule has 1 aromatic rings. The topological polar surface area (TPSA) is 26.3 Å². The monoisotopic (exact) mass is 218 g/mol. The third kappa shape index (κ3) is 2.96. The van der Waals surface area contributed by atoms with Crippen LogP contribution in [0.15, 0.2) is 23.8 Å². The second-order valence-electron chi connectivity index (χ2n) is 3.86. The highest BCUT2D eigenvalue weighted by molar-refractivity contribution is 5.95. The standard InChI is InChI=1S/C14H18O2/c1-5-10(2)8-13-9-12(11(3)15)6-7-14(13)16-4/h6-9H,5H2,1-4H3. The normalized spacial score (nSPS) is 11.4. The number of rotatable bonds is 4. The summed E-state index contributed by atoms with van der Waals surface area (Å²) in [6.45, 7) is 5.75. The van der Waals surface area contributed by atoms with Gasteiger partial charge in [0.1, 0.15) is 5.75 Å². The van der Waals surface area contributed by atoms with Crippen LogP contribution in [0.1, 0.15) is 43.1 Å². The van der Waals surface area contributed by atoms with E-state index in [1.807, 2.05) is 12.1 Å². The quantitative estimate of drug-likeness (QED) is 0.720. The van der Waals surface area contributed by atoms with Crippen molar-refractivity contribution >= 4 is 11.9 Å². The summed E-state index contributed by atoms with van der Waals surface area (Å²) in [4.78, 5) is 11.3. The number of allylic oxidation sites excluding steroid dienone is 1. The number of carbonyl (C=O) groups is 1. The van der Waals surface area contributed by atoms with Gasteiger partial charge in [0.05, 0.1) is 7.11 Å². The lowest BCUT2D eigenvalue weighted by atomic mass is 10.0. The van der Waals surface area contributed by atoms with E-state index in [1.165, 1.54) is 5.57 Å². The number of Topliss-reactive ketones (excluding diaryl/α,β-unsaturated/α-hetero) is 1. The summed E-state index contributed by atoms with van der Waals surface area (Å²) in [5.41, 5.74) is 2.95. The van der Waals surface area contributed by atoms with Crippen LogP contribution in [0.4, 0.5) is 0 Å². The van der Waals surface area contributed by atoms with Crippen LogP contribution in [-0.2, 0) is 0 Å². The summed E-state index contributed by atoms with van der Waals surface area (Å²) in [5.74, 6) is 0.879. The van der Waals surface area contributed by atoms with Gasteiger partial charge in [0.15, 0.2) is 5.78 Å². The van der Waals surface area contributed by atoms with Crippen LogP contribution in [0.3, 0.4) is 0 Å². The number of methoxy groups -OCH3 is 1. The molecule has 0 aliphatic carbocycles. The number of carbonyl (C=O) groups excluding carboxylic acids is 1. The van der Waals surface area contributed by atoms with Gasteiger partial charge in [0, 0.05) is 11.1 Å². The molecule has 0 bridgehead atoms. The molecule has 0 heterocycles. The lowest BCUT2D eigenvalue weighted by Gasteiger charge is -2.07. The number of hydrogen-bond acceptors (Lipinski definition) is 2. The Balaban J connectivity index is 3.22. The van der Waals surface area contributed by atoms with E-state index in [4.69, 9.17) is 4.74 Å². The van der Waals surface area contributed by atoms with E-state index in [9.17, 15) is 4.79 Å². The molecule has 86 valence electrons. The van der Waals surface area contributed by atoms with Crippen molar-refractivity contribution in [2.24, 2.45) is 0 Å². The Labute approximate surface area is 96.9 Å². The van der Waals surface area contributed by atoms with Gasteiger partial charge in [-0.2, -0.15) is 0 Å². The van der Waals surface area contributed by atoms with Crippen molar-refractivity contribution in [2.45, 2.75) is 27.2 Å². The summed E-state index contributed by atoms with van der Waals surface area (Å²) in [5, 5.41) is 0. The van der Waals surface area contributed by atoms with Crippen LogP contribution in [0, 0.1) is 0 Å². The van der Waals surface area contributed by atoms with E-state index in [-0.39, 0.29) is 5.78 Å². The van der Waals surface area contributed by atoms with Crippen molar-refractivity contribution in [2.75, 3.05) is 7.11 Å². The van der Waals surface area contributed by atoms with Gasteiger partial charge in [-0.15, -0.1) is 0 Å². The van der Waals surface area contributed by atoms with Gasteiger partial charge in [-0.25, -0.2) is 0 Å². The molecule has 0 atom stereocenters. The maximum absolute atomic E-state index is 11.3. The third-order valence-corrected chi connectivity index (χ3v) is 2.60. The van der Waals surface area contributed by atoms with E-state index in [0.29, 0.717) is 0 Å². The van der Waals surface area contributed by atoms with Gasteiger partial charge in [0.25, 0.3) is 0 Å². The largest absolute Gasteiger partial charge is 0.496 e. The Hall–Kier alpha value is -1.57. The highest BCUT2D eigenvalue weighted by atomic mass is 16.5. The minimum Gasteiger partial charge on any atom is -0.496 e. The number of hydrogen-bond donors (Lipinski definition) is 0. The molecule has 0 fully saturated rings. The molecule has 0 saturated carbocycles. The molecule has 0 amide bonds. The minimum atomic E-state index is 0.0754. The summed E-state index contributed by atoms with van der Waals surface area (Å²) >= 11 is 0. The fourth-order valence-electron chi connectivity index (χ4n) is 1.43. The van der Waals surface area contributed by atoms with Gasteiger partial charge < -0.3 is 4.74 Å². The van der Waals surface area contributed by atoms with Crippen LogP contribution in [0.5, 0.6) is 5.75 Å². The first-order chi connectivity index (χ1) is 7.58. The van der Waals surface area contributed by atoms with Crippen molar-refractivity contribution in [1.82, 2.24) is 0 Å². The molecule has 0 aromatic heterocycles. The van der Waals surface area contributed by atoms with Crippen LogP contribution in [0.2, 0.25) is 0 Å². The second kappa shape index (κ2) is 5.50. The molecule has 1 aromatic carbocycles. The molecule has 0 radical (unpaired) electrons. The predicted octanol–water partition coefficient (Wildman–Crippen LogP) is 3.71. The molecule has 0 spiro atoms. The molecular weight excluding hydrogens is 200 g/mol. The average molecular weight is 218 g/mol. The predicted molar refractivity (Wildman–Crippen MR) is 66.9 cm³/mol. The zero-order valence-electron chi connectivity index (χ0n) is 10.3. The average Bonchev–Trinajstić information content (AvgIpc) is 2.28. The third-order valence-electron chi connectivity index (χ3n) is 2.60. The van der Waals surface area contributed by atoms with Crippen molar-refractivity contribution in [3.8, 4) is 5.75 Å². The zero-order chi connectivity index (χ0) is 12.1. The second-order valence-corrected chi connectivity index (χ2v) is 3.86. The first-order valence-electron chi connectivity index (χ1n) is 5.44. The maximum Gasteiger partial charge on any atom is 0.159 e. The molecule has 1 rings (SSSR count). The highest BCUT2D eigenvalue weighted by Crippen LogP contribution is 2.23. The van der Waals surface area contributed by atoms with Crippen molar-refractivity contribution in [1.29, 1.82) is 0 Å². The van der Waals surface area contributed by atoms with Crippen molar-refractivity contribution < 1.29 is 9.53 Å². The summed E-state index contributed by atoms with van der Waals surface area (Å²) in [6, 6.07) is 5.51. The Morgan fingerprint density at radius 1 is 1.38 bits per heavy atom. The van der Waals surface area contributed by atoms with Crippen LogP contribution >= 0.6 is 0 Å². The fourth-order valence-corrected chi connectivity index (χ4v) is 1.43. The first kappa shape index (κ1) is 12.5. The maximum atomic E-state index is 11.3. The van der Waals surface area contributed by atoms with E-state index in [1.54, 1.807) is 20.1 Å². The smallest absolute Gasteiger partial charge is 0.159 e. The molecule has 2 heteroatoms. The minimum absolute atomic E-state index is 0.0754. The molecule has 16 heavy (non-hydrogen) atoms. The molecule has 0 unspecified atom stereocenters. The summed E-state index contributed by atoms with van der Waals surface area (Å²) in [6.07, 6.45) is 3.05. The van der Waals surface area contributed by atoms with Crippen molar-refractivity contribution in [3.63, 3.8) is 0 Å². The van der Waals surface area contributed by atoms with Gasteiger partial charge in [-0.05, 0) is 38.5 Å². The zero-order valence-corrected chi connectivity index (χ0v) is 10.3. The van der Waals surface area contributed by atoms with Crippen LogP contribution in [-0.4, -0.2) is 12.9 Å². The molecule has 0 N–H and O–H groups in total. The Kier molecular flexibility index (Phi) is 4.29. The van der Waals surface area contributed by atoms with Crippen LogP contribution < -0.4 is 4.74 Å². The molecular formula is C14H18O2. The molecule has 2 nitrogen and oxygen atoms in total. The number of ketones is 1. The molecule has 0 aliphatic rings. The van der Waals surface area contributed by atoms with Crippen molar-refractivity contribution in [3.05, 3.63) is 34.9 Å². The van der Waals surface area contributed by atoms with E-state index in [0.717, 1.165) is 23.3 Å². The molecule has 0 aliphatic heterocycles. The lowest BCUT2D eigenvalue weighted by molar-refractivity contribution is 0.101. The number of benzene rings is 1. The SMILES string of the molecule is CCC(C)=Cc1cc(C(C)=O)ccc1OC. The van der Waals surface area contributed by atoms with E-state index in [2.05, 4.69) is 19.9 Å². The Morgan fingerprint density at radius 2 is 2.06 bits per heavy atom. The molecule has 0 saturated heterocycles. The van der Waals surface area contributed by atoms with Gasteiger partial charge in [-0.3, -0.25) is 4.79 Å². The van der Waals surface area contributed by atoms with E-state index >= 15 is 0 Å². The lowest BCUT2D eigenvalue weighted by Crippen LogP contribution is -1.95.